The zero-order valence-electron chi connectivity index (χ0n) is 17.6. The van der Waals surface area contributed by atoms with Crippen LogP contribution in [0.2, 0.25) is 0 Å². The molecule has 0 atom stereocenters. The number of nitrogens with one attached hydrogen (secondary N) is 1. The van der Waals surface area contributed by atoms with Crippen molar-refractivity contribution >= 4 is 5.91 Å². The normalized spacial score (nSPS) is 10.5. The van der Waals surface area contributed by atoms with Crippen LogP contribution in [-0.2, 0) is 13.1 Å². The van der Waals surface area contributed by atoms with Gasteiger partial charge in [0.2, 0.25) is 0 Å². The average Bonchev–Trinajstić information content (AvgIpc) is 2.78. The van der Waals surface area contributed by atoms with Crippen LogP contribution in [0.15, 0.2) is 64.3 Å². The Balaban J connectivity index is 2.03. The average molecular weight is 416 g/mol. The molecule has 0 fully saturated rings. The van der Waals surface area contributed by atoms with Gasteiger partial charge in [-0.3, -0.25) is 14.2 Å². The Morgan fingerprint density at radius 2 is 1.87 bits per heavy atom. The first kappa shape index (κ1) is 21.8. The van der Waals surface area contributed by atoms with E-state index in [1.165, 1.54) is 16.8 Å². The third kappa shape index (κ3) is 4.98. The van der Waals surface area contributed by atoms with Crippen LogP contribution in [0.3, 0.4) is 0 Å². The lowest BCUT2D eigenvalue weighted by Crippen LogP contribution is -2.43. The molecule has 0 spiro atoms. The zero-order chi connectivity index (χ0) is 22.4. The van der Waals surface area contributed by atoms with Gasteiger partial charge >= 0.3 is 5.69 Å². The van der Waals surface area contributed by atoms with E-state index in [0.29, 0.717) is 12.1 Å². The predicted molar refractivity (Wildman–Crippen MR) is 118 cm³/mol. The number of rotatable bonds is 7. The molecule has 7 heteroatoms. The molecule has 0 unspecified atom stereocenters. The van der Waals surface area contributed by atoms with Gasteiger partial charge in [0.05, 0.1) is 17.3 Å². The van der Waals surface area contributed by atoms with Gasteiger partial charge in [-0.25, -0.2) is 9.36 Å². The molecule has 1 amide bonds. The maximum Gasteiger partial charge on any atom is 0.335 e. The number of aryl methyl sites for hydroxylation is 2. The summed E-state index contributed by atoms with van der Waals surface area (Å²) in [6, 6.07) is 15.9. The molecule has 2 aromatic carbocycles. The topological polar surface area (TPSA) is 96.9 Å². The largest absolute Gasteiger partial charge is 0.348 e. The van der Waals surface area contributed by atoms with Crippen LogP contribution in [0.5, 0.6) is 0 Å². The number of unbranched alkanes of at least 4 members (excludes halogenated alkanes) is 1. The molecule has 0 radical (unpaired) electrons. The first-order chi connectivity index (χ1) is 14.9. The first-order valence-electron chi connectivity index (χ1n) is 10.2. The molecule has 158 valence electrons. The number of aromatic nitrogens is 2. The van der Waals surface area contributed by atoms with E-state index in [1.54, 1.807) is 18.2 Å². The number of carbonyl (C=O) groups excluding carboxylic acids is 1. The molecular formula is C24H24N4O3. The predicted octanol–water partition coefficient (Wildman–Crippen LogP) is 2.91. The highest BCUT2D eigenvalue weighted by atomic mass is 16.2. The fourth-order valence-corrected chi connectivity index (χ4v) is 3.17. The molecule has 1 aromatic heterocycles. The highest BCUT2D eigenvalue weighted by Crippen LogP contribution is 2.08. The Labute approximate surface area is 180 Å². The number of hydrogen-bond acceptors (Lipinski definition) is 4. The molecule has 0 aliphatic heterocycles. The molecule has 1 N–H and O–H groups in total. The van der Waals surface area contributed by atoms with Crippen LogP contribution in [0.25, 0.3) is 5.69 Å². The van der Waals surface area contributed by atoms with Crippen LogP contribution in [0.4, 0.5) is 0 Å². The molecule has 0 aliphatic rings. The summed E-state index contributed by atoms with van der Waals surface area (Å²) in [6.45, 7) is 4.61. The molecule has 0 bridgehead atoms. The summed E-state index contributed by atoms with van der Waals surface area (Å²) in [5.74, 6) is -0.555. The van der Waals surface area contributed by atoms with Gasteiger partial charge in [-0.2, -0.15) is 5.26 Å². The van der Waals surface area contributed by atoms with Gasteiger partial charge in [0.25, 0.3) is 11.5 Å². The summed E-state index contributed by atoms with van der Waals surface area (Å²) in [4.78, 5) is 39.0. The van der Waals surface area contributed by atoms with Crippen LogP contribution >= 0.6 is 0 Å². The Kier molecular flexibility index (Phi) is 6.83. The second-order valence-electron chi connectivity index (χ2n) is 7.34. The number of hydrogen-bond donors (Lipinski definition) is 1. The first-order valence-corrected chi connectivity index (χ1v) is 10.2. The van der Waals surface area contributed by atoms with Crippen molar-refractivity contribution in [2.45, 2.75) is 39.8 Å². The minimum absolute atomic E-state index is 0.120. The fourth-order valence-electron chi connectivity index (χ4n) is 3.17. The van der Waals surface area contributed by atoms with Crippen LogP contribution in [0, 0.1) is 18.3 Å². The lowest BCUT2D eigenvalue weighted by molar-refractivity contribution is 0.0948. The van der Waals surface area contributed by atoms with E-state index in [9.17, 15) is 19.6 Å². The van der Waals surface area contributed by atoms with Crippen molar-refractivity contribution in [3.63, 3.8) is 0 Å². The smallest absolute Gasteiger partial charge is 0.335 e. The number of nitrogens with zero attached hydrogens (tertiary/aromatic N) is 3. The molecule has 1 heterocycles. The van der Waals surface area contributed by atoms with Crippen LogP contribution in [0.1, 0.15) is 46.8 Å². The monoisotopic (exact) mass is 416 g/mol. The summed E-state index contributed by atoms with van der Waals surface area (Å²) in [6.07, 6.45) is 2.90. The number of benzene rings is 2. The number of amides is 1. The maximum atomic E-state index is 13.1. The summed E-state index contributed by atoms with van der Waals surface area (Å²) in [5, 5.41) is 11.9. The lowest BCUT2D eigenvalue weighted by atomic mass is 10.1. The van der Waals surface area contributed by atoms with Crippen molar-refractivity contribution < 1.29 is 4.79 Å². The highest BCUT2D eigenvalue weighted by Gasteiger charge is 2.18. The van der Waals surface area contributed by atoms with Crippen molar-refractivity contribution in [1.29, 1.82) is 5.26 Å². The standard InChI is InChI=1S/C24H24N4O3/c1-3-4-12-27-16-21(22(29)26-15-18-10-8-17(2)9-11-18)23(30)28(24(27)31)20-7-5-6-19(13-20)14-25/h5-11,13,16H,3-4,12,15H2,1-2H3,(H,26,29). The second-order valence-corrected chi connectivity index (χ2v) is 7.34. The Morgan fingerprint density at radius 1 is 1.13 bits per heavy atom. The van der Waals surface area contributed by atoms with Crippen molar-refractivity contribution in [2.75, 3.05) is 0 Å². The van der Waals surface area contributed by atoms with E-state index in [-0.39, 0.29) is 17.8 Å². The molecule has 0 saturated carbocycles. The zero-order valence-corrected chi connectivity index (χ0v) is 17.6. The Bertz CT molecular complexity index is 1250. The van der Waals surface area contributed by atoms with E-state index in [2.05, 4.69) is 5.32 Å². The van der Waals surface area contributed by atoms with Gasteiger partial charge in [0.1, 0.15) is 5.56 Å². The van der Waals surface area contributed by atoms with Gasteiger partial charge in [0, 0.05) is 19.3 Å². The van der Waals surface area contributed by atoms with E-state index >= 15 is 0 Å². The highest BCUT2D eigenvalue weighted by molar-refractivity contribution is 5.93. The SMILES string of the molecule is CCCCn1cc(C(=O)NCc2ccc(C)cc2)c(=O)n(-c2cccc(C#N)c2)c1=O. The molecule has 3 aromatic rings. The minimum Gasteiger partial charge on any atom is -0.348 e. The molecule has 3 rings (SSSR count). The van der Waals surface area contributed by atoms with Crippen LogP contribution in [-0.4, -0.2) is 15.0 Å². The van der Waals surface area contributed by atoms with E-state index in [1.807, 2.05) is 44.2 Å². The van der Waals surface area contributed by atoms with E-state index in [4.69, 9.17) is 0 Å². The number of nitriles is 1. The van der Waals surface area contributed by atoms with Gasteiger partial charge in [-0.1, -0.05) is 49.2 Å². The van der Waals surface area contributed by atoms with Gasteiger partial charge < -0.3 is 5.32 Å². The summed E-state index contributed by atoms with van der Waals surface area (Å²) >= 11 is 0. The molecular weight excluding hydrogens is 392 g/mol. The Morgan fingerprint density at radius 3 is 2.55 bits per heavy atom. The second kappa shape index (κ2) is 9.72. The van der Waals surface area contributed by atoms with Gasteiger partial charge in [-0.05, 0) is 37.1 Å². The molecule has 0 aliphatic carbocycles. The summed E-state index contributed by atoms with van der Waals surface area (Å²) in [7, 11) is 0. The number of carbonyl (C=O) groups is 1. The van der Waals surface area contributed by atoms with Gasteiger partial charge in [0.15, 0.2) is 0 Å². The van der Waals surface area contributed by atoms with Crippen molar-refractivity contribution in [2.24, 2.45) is 0 Å². The summed E-state index contributed by atoms with van der Waals surface area (Å²) < 4.78 is 2.34. The van der Waals surface area contributed by atoms with Crippen molar-refractivity contribution in [1.82, 2.24) is 14.5 Å². The third-order valence-electron chi connectivity index (χ3n) is 4.96. The lowest BCUT2D eigenvalue weighted by Gasteiger charge is -2.13. The molecule has 0 saturated heterocycles. The third-order valence-corrected chi connectivity index (χ3v) is 4.96. The van der Waals surface area contributed by atoms with E-state index in [0.717, 1.165) is 28.5 Å². The Hall–Kier alpha value is -3.92. The molecule has 7 nitrogen and oxygen atoms in total. The van der Waals surface area contributed by atoms with Crippen LogP contribution < -0.4 is 16.6 Å². The fraction of sp³-hybridized carbons (Fsp3) is 0.250. The van der Waals surface area contributed by atoms with Gasteiger partial charge in [-0.15, -0.1) is 0 Å². The van der Waals surface area contributed by atoms with Crippen molar-refractivity contribution in [3.05, 3.63) is 97.8 Å². The molecule has 31 heavy (non-hydrogen) atoms. The quantitative estimate of drug-likeness (QED) is 0.640. The minimum atomic E-state index is -0.714. The summed E-state index contributed by atoms with van der Waals surface area (Å²) in [5.41, 5.74) is 1.22. The van der Waals surface area contributed by atoms with E-state index < -0.39 is 17.2 Å². The maximum absolute atomic E-state index is 13.1. The van der Waals surface area contributed by atoms with Crippen molar-refractivity contribution in [3.8, 4) is 11.8 Å².